The monoisotopic (exact) mass is 283 g/mol. The van der Waals surface area contributed by atoms with E-state index in [0.29, 0.717) is 0 Å². The molecule has 0 aromatic carbocycles. The van der Waals surface area contributed by atoms with Crippen molar-refractivity contribution < 1.29 is 19.4 Å². The number of aliphatic carboxylic acids is 1. The fourth-order valence-corrected chi connectivity index (χ4v) is 3.44. The number of rotatable bonds is 7. The lowest BCUT2D eigenvalue weighted by atomic mass is 9.78. The topological polar surface area (TPSA) is 75.6 Å². The van der Waals surface area contributed by atoms with Crippen LogP contribution in [0.5, 0.6) is 0 Å². The van der Waals surface area contributed by atoms with Crippen molar-refractivity contribution in [3.05, 3.63) is 0 Å². The molecule has 2 aliphatic rings. The molecule has 2 aliphatic heterocycles. The molecule has 5 nitrogen and oxygen atoms in total. The molecule has 0 aliphatic carbocycles. The van der Waals surface area contributed by atoms with Crippen LogP contribution in [0.4, 0.5) is 0 Å². The van der Waals surface area contributed by atoms with Crippen molar-refractivity contribution in [2.24, 2.45) is 11.8 Å². The number of nitrogens with one attached hydrogen (secondary N) is 1. The number of unbranched alkanes of at least 4 members (excludes halogenated alkanes) is 2. The molecule has 5 atom stereocenters. The standard InChI is InChI=1S/C15H25NO4/c1-3-4-5-6-9(2)16-14(17)12-10-7-8-11(20-10)13(12)15(18)19/h9-13H,3-8H2,1-2H3,(H,16,17)(H,18,19)/t9-,10-,11+,12-,13-/m0/s1. The molecular weight excluding hydrogens is 258 g/mol. The first kappa shape index (κ1) is 15.3. The molecule has 0 aromatic heterocycles. The maximum atomic E-state index is 12.3. The Morgan fingerprint density at radius 1 is 1.25 bits per heavy atom. The van der Waals surface area contributed by atoms with Gasteiger partial charge < -0.3 is 15.2 Å². The highest BCUT2D eigenvalue weighted by Gasteiger charge is 2.55. The molecule has 2 N–H and O–H groups in total. The Balaban J connectivity index is 1.89. The molecule has 0 unspecified atom stereocenters. The Morgan fingerprint density at radius 2 is 1.90 bits per heavy atom. The van der Waals surface area contributed by atoms with Gasteiger partial charge in [0.25, 0.3) is 0 Å². The van der Waals surface area contributed by atoms with Crippen LogP contribution in [-0.4, -0.2) is 35.2 Å². The first-order valence-electron chi connectivity index (χ1n) is 7.73. The van der Waals surface area contributed by atoms with E-state index in [1.807, 2.05) is 6.92 Å². The lowest BCUT2D eigenvalue weighted by Gasteiger charge is -2.25. The molecule has 2 fully saturated rings. The molecule has 0 spiro atoms. The molecule has 114 valence electrons. The molecule has 0 saturated carbocycles. The fraction of sp³-hybridized carbons (Fsp3) is 0.867. The van der Waals surface area contributed by atoms with Gasteiger partial charge in [-0.3, -0.25) is 9.59 Å². The van der Waals surface area contributed by atoms with E-state index in [-0.39, 0.29) is 24.2 Å². The van der Waals surface area contributed by atoms with Gasteiger partial charge in [0, 0.05) is 6.04 Å². The summed E-state index contributed by atoms with van der Waals surface area (Å²) < 4.78 is 5.62. The minimum atomic E-state index is -0.906. The summed E-state index contributed by atoms with van der Waals surface area (Å²) >= 11 is 0. The van der Waals surface area contributed by atoms with Gasteiger partial charge in [0.1, 0.15) is 0 Å². The maximum absolute atomic E-state index is 12.3. The van der Waals surface area contributed by atoms with Crippen LogP contribution in [0.25, 0.3) is 0 Å². The van der Waals surface area contributed by atoms with Crippen molar-refractivity contribution in [1.29, 1.82) is 0 Å². The summed E-state index contributed by atoms with van der Waals surface area (Å²) in [6.45, 7) is 4.13. The number of carbonyl (C=O) groups excluding carboxylic acids is 1. The Hall–Kier alpha value is -1.10. The van der Waals surface area contributed by atoms with Gasteiger partial charge in [-0.25, -0.2) is 0 Å². The van der Waals surface area contributed by atoms with Crippen LogP contribution in [0.15, 0.2) is 0 Å². The van der Waals surface area contributed by atoms with E-state index in [0.717, 1.165) is 38.5 Å². The van der Waals surface area contributed by atoms with Crippen LogP contribution in [0.3, 0.4) is 0 Å². The number of amides is 1. The van der Waals surface area contributed by atoms with Gasteiger partial charge in [0.05, 0.1) is 24.0 Å². The minimum absolute atomic E-state index is 0.0996. The summed E-state index contributed by atoms with van der Waals surface area (Å²) in [5.41, 5.74) is 0. The van der Waals surface area contributed by atoms with Gasteiger partial charge in [0.15, 0.2) is 0 Å². The largest absolute Gasteiger partial charge is 0.481 e. The first-order valence-corrected chi connectivity index (χ1v) is 7.73. The van der Waals surface area contributed by atoms with Gasteiger partial charge in [-0.05, 0) is 26.2 Å². The predicted octanol–water partition coefficient (Wildman–Crippen LogP) is 1.95. The Labute approximate surface area is 120 Å². The van der Waals surface area contributed by atoms with Crippen LogP contribution in [0.1, 0.15) is 52.4 Å². The molecule has 2 rings (SSSR count). The number of carboxylic acids is 1. The summed E-state index contributed by atoms with van der Waals surface area (Å²) in [6.07, 6.45) is 5.44. The highest BCUT2D eigenvalue weighted by atomic mass is 16.5. The normalized spacial score (nSPS) is 33.1. The van der Waals surface area contributed by atoms with Gasteiger partial charge in [0.2, 0.25) is 5.91 Å². The van der Waals surface area contributed by atoms with E-state index in [2.05, 4.69) is 12.2 Å². The number of ether oxygens (including phenoxy) is 1. The van der Waals surface area contributed by atoms with Gasteiger partial charge in [-0.1, -0.05) is 26.2 Å². The molecular formula is C15H25NO4. The van der Waals surface area contributed by atoms with Crippen LogP contribution >= 0.6 is 0 Å². The Kier molecular flexibility index (Phi) is 5.02. The highest BCUT2D eigenvalue weighted by molar-refractivity contribution is 5.86. The number of fused-ring (bicyclic) bond motifs is 2. The fourth-order valence-electron chi connectivity index (χ4n) is 3.44. The predicted molar refractivity (Wildman–Crippen MR) is 74.3 cm³/mol. The zero-order chi connectivity index (χ0) is 14.7. The summed E-state index contributed by atoms with van der Waals surface area (Å²) in [5.74, 6) is -2.24. The molecule has 2 bridgehead atoms. The lowest BCUT2D eigenvalue weighted by Crippen LogP contribution is -2.46. The van der Waals surface area contributed by atoms with E-state index in [9.17, 15) is 14.7 Å². The second-order valence-corrected chi connectivity index (χ2v) is 6.09. The third-order valence-corrected chi connectivity index (χ3v) is 4.49. The molecule has 2 heterocycles. The van der Waals surface area contributed by atoms with Crippen LogP contribution < -0.4 is 5.32 Å². The number of carboxylic acid groups (broad SMARTS) is 1. The average Bonchev–Trinajstić information content (AvgIpc) is 2.98. The third-order valence-electron chi connectivity index (χ3n) is 4.49. The quantitative estimate of drug-likeness (QED) is 0.700. The summed E-state index contributed by atoms with van der Waals surface area (Å²) in [5, 5.41) is 12.3. The van der Waals surface area contributed by atoms with Crippen LogP contribution in [-0.2, 0) is 14.3 Å². The van der Waals surface area contributed by atoms with E-state index in [1.54, 1.807) is 0 Å². The van der Waals surface area contributed by atoms with Gasteiger partial charge in [-0.15, -0.1) is 0 Å². The number of hydrogen-bond acceptors (Lipinski definition) is 3. The molecule has 0 aromatic rings. The van der Waals surface area contributed by atoms with E-state index < -0.39 is 17.8 Å². The van der Waals surface area contributed by atoms with Crippen molar-refractivity contribution in [3.8, 4) is 0 Å². The van der Waals surface area contributed by atoms with E-state index >= 15 is 0 Å². The average molecular weight is 283 g/mol. The van der Waals surface area contributed by atoms with Crippen molar-refractivity contribution in [1.82, 2.24) is 5.32 Å². The first-order chi connectivity index (χ1) is 9.54. The SMILES string of the molecule is CCCCC[C@H](C)NC(=O)[C@@H]1[C@@H](C(=O)O)[C@H]2CC[C@@H]1O2. The molecule has 0 radical (unpaired) electrons. The summed E-state index contributed by atoms with van der Waals surface area (Å²) in [4.78, 5) is 23.7. The van der Waals surface area contributed by atoms with Crippen molar-refractivity contribution in [3.63, 3.8) is 0 Å². The highest BCUT2D eigenvalue weighted by Crippen LogP contribution is 2.43. The second-order valence-electron chi connectivity index (χ2n) is 6.09. The molecule has 1 amide bonds. The Morgan fingerprint density at radius 3 is 2.50 bits per heavy atom. The molecule has 5 heteroatoms. The Bertz CT molecular complexity index is 371. The maximum Gasteiger partial charge on any atom is 0.310 e. The number of carbonyl (C=O) groups is 2. The van der Waals surface area contributed by atoms with Crippen LogP contribution in [0.2, 0.25) is 0 Å². The number of hydrogen-bond donors (Lipinski definition) is 2. The zero-order valence-electron chi connectivity index (χ0n) is 12.3. The third kappa shape index (κ3) is 3.14. The van der Waals surface area contributed by atoms with Gasteiger partial charge in [-0.2, -0.15) is 0 Å². The van der Waals surface area contributed by atoms with Crippen molar-refractivity contribution in [2.45, 2.75) is 70.6 Å². The summed E-state index contributed by atoms with van der Waals surface area (Å²) in [7, 11) is 0. The van der Waals surface area contributed by atoms with Crippen molar-refractivity contribution >= 4 is 11.9 Å². The zero-order valence-corrected chi connectivity index (χ0v) is 12.3. The van der Waals surface area contributed by atoms with E-state index in [1.165, 1.54) is 0 Å². The van der Waals surface area contributed by atoms with Crippen LogP contribution in [0, 0.1) is 11.8 Å². The smallest absolute Gasteiger partial charge is 0.310 e. The minimum Gasteiger partial charge on any atom is -0.481 e. The van der Waals surface area contributed by atoms with E-state index in [4.69, 9.17) is 4.74 Å². The second kappa shape index (κ2) is 6.57. The lowest BCUT2D eigenvalue weighted by molar-refractivity contribution is -0.148. The summed E-state index contributed by atoms with van der Waals surface area (Å²) in [6, 6.07) is 0.0996. The molecule has 2 saturated heterocycles. The van der Waals surface area contributed by atoms with Crippen molar-refractivity contribution in [2.75, 3.05) is 0 Å². The molecule has 20 heavy (non-hydrogen) atoms. The van der Waals surface area contributed by atoms with Gasteiger partial charge >= 0.3 is 5.97 Å².